The zero-order valence-corrected chi connectivity index (χ0v) is 25.5. The Hall–Kier alpha value is -3.43. The molecular formula is C32H42ClN5O4. The summed E-state index contributed by atoms with van der Waals surface area (Å²) in [6.07, 6.45) is 3.63. The molecule has 2 aliphatic rings. The third kappa shape index (κ3) is 7.50. The molecule has 1 fully saturated rings. The number of benzene rings is 2. The van der Waals surface area contributed by atoms with Crippen LogP contribution in [-0.4, -0.2) is 64.1 Å². The molecule has 10 heteroatoms. The first-order valence-electron chi connectivity index (χ1n) is 14.7. The molecule has 0 unspecified atom stereocenters. The van der Waals surface area contributed by atoms with E-state index in [4.69, 9.17) is 17.3 Å². The highest BCUT2D eigenvalue weighted by atomic mass is 35.5. The van der Waals surface area contributed by atoms with Crippen molar-refractivity contribution in [2.45, 2.75) is 89.9 Å². The number of fused-ring (bicyclic) bond motifs is 1. The average Bonchev–Trinajstić information content (AvgIpc) is 2.96. The van der Waals surface area contributed by atoms with Crippen molar-refractivity contribution < 1.29 is 19.2 Å². The minimum Gasteiger partial charge on any atom is -0.342 e. The van der Waals surface area contributed by atoms with E-state index < -0.39 is 23.9 Å². The minimum atomic E-state index is -0.893. The first kappa shape index (κ1) is 31.5. The zero-order chi connectivity index (χ0) is 30.4. The fourth-order valence-electron chi connectivity index (χ4n) is 5.89. The molecule has 2 heterocycles. The first-order valence-corrected chi connectivity index (χ1v) is 15.1. The number of amides is 4. The van der Waals surface area contributed by atoms with Gasteiger partial charge in [-0.1, -0.05) is 35.9 Å². The lowest BCUT2D eigenvalue weighted by molar-refractivity contribution is -0.145. The van der Waals surface area contributed by atoms with Gasteiger partial charge in [-0.25, -0.2) is 0 Å². The van der Waals surface area contributed by atoms with Crippen LogP contribution < -0.4 is 16.4 Å². The van der Waals surface area contributed by atoms with E-state index in [-0.39, 0.29) is 49.7 Å². The molecule has 2 aromatic carbocycles. The number of piperidine rings is 1. The van der Waals surface area contributed by atoms with E-state index in [9.17, 15) is 19.2 Å². The van der Waals surface area contributed by atoms with Crippen LogP contribution in [0.1, 0.15) is 69.1 Å². The average molecular weight is 596 g/mol. The summed E-state index contributed by atoms with van der Waals surface area (Å²) in [5, 5.41) is 6.27. The molecule has 0 bridgehead atoms. The molecule has 0 aliphatic carbocycles. The Morgan fingerprint density at radius 1 is 1.05 bits per heavy atom. The van der Waals surface area contributed by atoms with Gasteiger partial charge in [0, 0.05) is 48.6 Å². The van der Waals surface area contributed by atoms with Gasteiger partial charge in [0.15, 0.2) is 0 Å². The Morgan fingerprint density at radius 3 is 2.45 bits per heavy atom. The van der Waals surface area contributed by atoms with E-state index in [1.165, 1.54) is 0 Å². The second-order valence-corrected chi connectivity index (χ2v) is 12.3. The van der Waals surface area contributed by atoms with Crippen LogP contribution in [0, 0.1) is 6.92 Å². The number of halogens is 1. The molecule has 0 aromatic heterocycles. The molecule has 42 heavy (non-hydrogen) atoms. The number of hydrogen-bond donors (Lipinski definition) is 3. The summed E-state index contributed by atoms with van der Waals surface area (Å²) < 4.78 is 0. The number of nitrogens with one attached hydrogen (secondary N) is 2. The maximum atomic E-state index is 13.7. The van der Waals surface area contributed by atoms with E-state index in [1.54, 1.807) is 23.1 Å². The summed E-state index contributed by atoms with van der Waals surface area (Å²) in [6, 6.07) is 11.1. The smallest absolute Gasteiger partial charge is 0.246 e. The fraction of sp³-hybridized carbons (Fsp3) is 0.500. The molecule has 226 valence electrons. The lowest BCUT2D eigenvalue weighted by Crippen LogP contribution is -2.56. The number of anilines is 1. The topological polar surface area (TPSA) is 125 Å². The van der Waals surface area contributed by atoms with Crippen molar-refractivity contribution in [2.24, 2.45) is 5.73 Å². The number of aryl methyl sites for hydroxylation is 1. The molecule has 2 aromatic rings. The lowest BCUT2D eigenvalue weighted by Gasteiger charge is -2.42. The molecule has 1 saturated heterocycles. The summed E-state index contributed by atoms with van der Waals surface area (Å²) in [7, 11) is 0. The van der Waals surface area contributed by atoms with E-state index >= 15 is 0 Å². The van der Waals surface area contributed by atoms with Crippen LogP contribution in [0.15, 0.2) is 42.5 Å². The number of carbonyl (C=O) groups excluding carboxylic acids is 4. The number of nitrogens with two attached hydrogens (primary N) is 1. The van der Waals surface area contributed by atoms with Crippen molar-refractivity contribution in [3.8, 4) is 0 Å². The van der Waals surface area contributed by atoms with Crippen LogP contribution in [0.2, 0.25) is 5.02 Å². The highest BCUT2D eigenvalue weighted by molar-refractivity contribution is 6.31. The lowest BCUT2D eigenvalue weighted by atomic mass is 9.90. The molecule has 0 saturated carbocycles. The number of hydrogen-bond acceptors (Lipinski definition) is 5. The summed E-state index contributed by atoms with van der Waals surface area (Å²) in [5.74, 6) is -1.13. The molecule has 4 amide bonds. The van der Waals surface area contributed by atoms with Crippen molar-refractivity contribution in [3.05, 3.63) is 64.2 Å². The number of likely N-dealkylation sites (tertiary alicyclic amines) is 1. The summed E-state index contributed by atoms with van der Waals surface area (Å²) in [6.45, 7) is 7.11. The standard InChI is InChI=1S/C32H42ClN5O4/c1-21-18-24(10-11-25(21)33)35-30(41)26(14-16-34)36-31(42)27-19-22-8-4-5-9-23(22)20-37(27)28(39)12-13-29(40)38-17-7-6-15-32(38,2)3/h4-5,8-11,18,26-27H,6-7,12-17,19-20,34H2,1-3H3,(H,35,41)(H,36,42)/t26-,27-/m0/s1. The third-order valence-corrected chi connectivity index (χ3v) is 8.81. The molecule has 0 spiro atoms. The molecule has 4 rings (SSSR count). The van der Waals surface area contributed by atoms with Gasteiger partial charge >= 0.3 is 0 Å². The fourth-order valence-corrected chi connectivity index (χ4v) is 6.01. The Morgan fingerprint density at radius 2 is 1.76 bits per heavy atom. The predicted molar refractivity (Wildman–Crippen MR) is 164 cm³/mol. The van der Waals surface area contributed by atoms with Crippen molar-refractivity contribution in [1.29, 1.82) is 0 Å². The maximum Gasteiger partial charge on any atom is 0.246 e. The van der Waals surface area contributed by atoms with Crippen molar-refractivity contribution in [3.63, 3.8) is 0 Å². The van der Waals surface area contributed by atoms with Crippen LogP contribution in [0.3, 0.4) is 0 Å². The summed E-state index contributed by atoms with van der Waals surface area (Å²) in [4.78, 5) is 57.0. The molecular weight excluding hydrogens is 554 g/mol. The normalized spacial score (nSPS) is 18.5. The van der Waals surface area contributed by atoms with Crippen molar-refractivity contribution in [1.82, 2.24) is 15.1 Å². The van der Waals surface area contributed by atoms with Gasteiger partial charge in [0.05, 0.1) is 0 Å². The van der Waals surface area contributed by atoms with Crippen LogP contribution in [0.5, 0.6) is 0 Å². The molecule has 9 nitrogen and oxygen atoms in total. The summed E-state index contributed by atoms with van der Waals surface area (Å²) in [5.41, 5.74) is 8.88. The molecule has 2 aliphatic heterocycles. The molecule has 4 N–H and O–H groups in total. The Balaban J connectivity index is 1.47. The number of rotatable bonds is 9. The third-order valence-electron chi connectivity index (χ3n) is 8.39. The first-order chi connectivity index (χ1) is 20.0. The van der Waals surface area contributed by atoms with Gasteiger partial charge in [0.1, 0.15) is 12.1 Å². The predicted octanol–water partition coefficient (Wildman–Crippen LogP) is 3.95. The van der Waals surface area contributed by atoms with E-state index in [0.717, 1.165) is 36.0 Å². The van der Waals surface area contributed by atoms with Crippen molar-refractivity contribution in [2.75, 3.05) is 18.4 Å². The Labute approximate surface area is 253 Å². The highest BCUT2D eigenvalue weighted by Gasteiger charge is 2.37. The van der Waals surface area contributed by atoms with E-state index in [0.29, 0.717) is 23.7 Å². The Bertz CT molecular complexity index is 1330. The van der Waals surface area contributed by atoms with Gasteiger partial charge in [0.25, 0.3) is 0 Å². The molecule has 0 radical (unpaired) electrons. The van der Waals surface area contributed by atoms with Crippen LogP contribution >= 0.6 is 11.6 Å². The number of nitrogens with zero attached hydrogens (tertiary/aromatic N) is 2. The SMILES string of the molecule is Cc1cc(NC(=O)[C@H](CCN)NC(=O)[C@@H]2Cc3ccccc3CN2C(=O)CCC(=O)N2CCCCC2(C)C)ccc1Cl. The van der Waals surface area contributed by atoms with Gasteiger partial charge in [-0.3, -0.25) is 19.2 Å². The highest BCUT2D eigenvalue weighted by Crippen LogP contribution is 2.29. The van der Waals surface area contributed by atoms with E-state index in [2.05, 4.69) is 24.5 Å². The van der Waals surface area contributed by atoms with Crippen LogP contribution in [0.25, 0.3) is 0 Å². The summed E-state index contributed by atoms with van der Waals surface area (Å²) >= 11 is 6.11. The largest absolute Gasteiger partial charge is 0.342 e. The van der Waals surface area contributed by atoms with Gasteiger partial charge in [-0.15, -0.1) is 0 Å². The van der Waals surface area contributed by atoms with E-state index in [1.807, 2.05) is 36.1 Å². The quantitative estimate of drug-likeness (QED) is 0.405. The number of carbonyl (C=O) groups is 4. The van der Waals surface area contributed by atoms with Crippen molar-refractivity contribution >= 4 is 40.9 Å². The second kappa shape index (κ2) is 13.7. The van der Waals surface area contributed by atoms with Gasteiger partial charge in [-0.05, 0) is 87.9 Å². The van der Waals surface area contributed by atoms with Crippen LogP contribution in [0.4, 0.5) is 5.69 Å². The maximum absolute atomic E-state index is 13.7. The van der Waals surface area contributed by atoms with Gasteiger partial charge < -0.3 is 26.2 Å². The van der Waals surface area contributed by atoms with Gasteiger partial charge in [-0.2, -0.15) is 0 Å². The van der Waals surface area contributed by atoms with Crippen LogP contribution in [-0.2, 0) is 32.1 Å². The monoisotopic (exact) mass is 595 g/mol. The Kier molecular flexibility index (Phi) is 10.3. The second-order valence-electron chi connectivity index (χ2n) is 11.9. The minimum absolute atomic E-state index is 0.0139. The van der Waals surface area contributed by atoms with Gasteiger partial charge in [0.2, 0.25) is 23.6 Å². The molecule has 2 atom stereocenters. The zero-order valence-electron chi connectivity index (χ0n) is 24.7.